The van der Waals surface area contributed by atoms with Crippen LogP contribution in [0.15, 0.2) is 41.3 Å². The molecule has 0 unspecified atom stereocenters. The molecule has 1 N–H and O–H groups in total. The number of anilines is 2. The quantitative estimate of drug-likeness (QED) is 0.804. The van der Waals surface area contributed by atoms with Gasteiger partial charge in [0.1, 0.15) is 0 Å². The van der Waals surface area contributed by atoms with Crippen molar-refractivity contribution < 1.29 is 16.8 Å². The molecule has 9 heteroatoms. The summed E-state index contributed by atoms with van der Waals surface area (Å²) in [4.78, 5) is 0.109. The highest BCUT2D eigenvalue weighted by molar-refractivity contribution is 7.93. The summed E-state index contributed by atoms with van der Waals surface area (Å²) < 4.78 is 54.3. The molecule has 0 radical (unpaired) electrons. The van der Waals surface area contributed by atoms with Gasteiger partial charge in [-0.25, -0.2) is 16.8 Å². The third-order valence-electron chi connectivity index (χ3n) is 4.48. The van der Waals surface area contributed by atoms with Crippen molar-refractivity contribution in [1.29, 1.82) is 0 Å². The Hall–Kier alpha value is -1.77. The highest BCUT2D eigenvalue weighted by atomic mass is 35.5. The van der Waals surface area contributed by atoms with Crippen molar-refractivity contribution in [2.45, 2.75) is 31.6 Å². The fraction of sp³-hybridized carbons (Fsp3) is 0.333. The second-order valence-corrected chi connectivity index (χ2v) is 10.7. The molecular formula is C18H21ClN2O4S2. The maximum absolute atomic E-state index is 12.8. The van der Waals surface area contributed by atoms with Crippen molar-refractivity contribution in [1.82, 2.24) is 0 Å². The lowest BCUT2D eigenvalue weighted by atomic mass is 10.1. The predicted octanol–water partition coefficient (Wildman–Crippen LogP) is 3.69. The van der Waals surface area contributed by atoms with E-state index in [1.807, 2.05) is 0 Å². The maximum Gasteiger partial charge on any atom is 0.262 e. The minimum absolute atomic E-state index is 0.109. The zero-order valence-electron chi connectivity index (χ0n) is 15.1. The summed E-state index contributed by atoms with van der Waals surface area (Å²) in [6.07, 6.45) is 1.43. The minimum atomic E-state index is -3.84. The van der Waals surface area contributed by atoms with Gasteiger partial charge in [-0.05, 0) is 68.1 Å². The molecule has 0 atom stereocenters. The first-order valence-corrected chi connectivity index (χ1v) is 12.0. The number of halogens is 1. The van der Waals surface area contributed by atoms with E-state index in [9.17, 15) is 16.8 Å². The Balaban J connectivity index is 1.99. The van der Waals surface area contributed by atoms with E-state index in [1.54, 1.807) is 38.1 Å². The van der Waals surface area contributed by atoms with Crippen molar-refractivity contribution in [3.63, 3.8) is 0 Å². The van der Waals surface area contributed by atoms with Gasteiger partial charge >= 0.3 is 0 Å². The van der Waals surface area contributed by atoms with Gasteiger partial charge in [0.2, 0.25) is 10.0 Å². The van der Waals surface area contributed by atoms with Gasteiger partial charge in [0.25, 0.3) is 10.0 Å². The molecule has 0 spiro atoms. The van der Waals surface area contributed by atoms with Crippen LogP contribution in [-0.2, 0) is 20.0 Å². The van der Waals surface area contributed by atoms with Crippen molar-refractivity contribution in [3.05, 3.63) is 52.5 Å². The number of benzene rings is 2. The molecule has 2 aromatic carbocycles. The van der Waals surface area contributed by atoms with Crippen LogP contribution in [0.4, 0.5) is 11.4 Å². The molecule has 0 bridgehead atoms. The zero-order chi connectivity index (χ0) is 19.8. The van der Waals surface area contributed by atoms with Crippen LogP contribution < -0.4 is 9.03 Å². The summed E-state index contributed by atoms with van der Waals surface area (Å²) in [6.45, 7) is 3.79. The second kappa shape index (κ2) is 7.33. The molecule has 146 valence electrons. The number of hydrogen-bond acceptors (Lipinski definition) is 4. The number of nitrogens with one attached hydrogen (secondary N) is 1. The molecule has 1 aliphatic rings. The molecule has 1 heterocycles. The molecule has 6 nitrogen and oxygen atoms in total. The zero-order valence-corrected chi connectivity index (χ0v) is 17.5. The van der Waals surface area contributed by atoms with Crippen LogP contribution in [0.25, 0.3) is 0 Å². The summed E-state index contributed by atoms with van der Waals surface area (Å²) >= 11 is 5.91. The molecule has 0 saturated carbocycles. The van der Waals surface area contributed by atoms with E-state index in [2.05, 4.69) is 4.72 Å². The Morgan fingerprint density at radius 2 is 1.81 bits per heavy atom. The fourth-order valence-corrected chi connectivity index (χ4v) is 6.40. The highest BCUT2D eigenvalue weighted by Crippen LogP contribution is 2.32. The lowest BCUT2D eigenvalue weighted by molar-refractivity contribution is 0.574. The topological polar surface area (TPSA) is 83.6 Å². The van der Waals surface area contributed by atoms with Crippen LogP contribution in [0.3, 0.4) is 0 Å². The van der Waals surface area contributed by atoms with Gasteiger partial charge in [-0.15, -0.1) is 0 Å². The normalized spacial score (nSPS) is 16.9. The van der Waals surface area contributed by atoms with Crippen molar-refractivity contribution in [3.8, 4) is 0 Å². The van der Waals surface area contributed by atoms with Gasteiger partial charge < -0.3 is 0 Å². The van der Waals surface area contributed by atoms with E-state index in [4.69, 9.17) is 11.6 Å². The lowest BCUT2D eigenvalue weighted by Gasteiger charge is -2.30. The second-order valence-electron chi connectivity index (χ2n) is 6.62. The largest absolute Gasteiger partial charge is 0.280 e. The first-order chi connectivity index (χ1) is 12.6. The summed E-state index contributed by atoms with van der Waals surface area (Å²) in [5.74, 6) is 0.113. The lowest BCUT2D eigenvalue weighted by Crippen LogP contribution is -2.38. The average Bonchev–Trinajstić information content (AvgIpc) is 2.56. The van der Waals surface area contributed by atoms with Crippen molar-refractivity contribution in [2.24, 2.45) is 0 Å². The standard InChI is InChI=1S/C18H21ClN2O4S2/c1-13-11-18(27(24,25)20-16-7-5-6-15(19)12-16)14(2)10-17(13)21-8-3-4-9-26(21,22)23/h5-7,10-12,20H,3-4,8-9H2,1-2H3. The van der Waals surface area contributed by atoms with Crippen molar-refractivity contribution in [2.75, 3.05) is 21.3 Å². The molecular weight excluding hydrogens is 408 g/mol. The number of nitrogens with zero attached hydrogens (tertiary/aromatic N) is 1. The average molecular weight is 429 g/mol. The Bertz CT molecular complexity index is 1080. The molecule has 0 amide bonds. The minimum Gasteiger partial charge on any atom is -0.280 e. The molecule has 1 saturated heterocycles. The molecule has 0 aromatic heterocycles. The van der Waals surface area contributed by atoms with E-state index < -0.39 is 20.0 Å². The Kier molecular flexibility index (Phi) is 5.42. The first kappa shape index (κ1) is 20.0. The summed E-state index contributed by atoms with van der Waals surface area (Å²) in [6, 6.07) is 9.59. The van der Waals surface area contributed by atoms with Crippen LogP contribution in [0.1, 0.15) is 24.0 Å². The maximum atomic E-state index is 12.8. The Morgan fingerprint density at radius 3 is 2.48 bits per heavy atom. The fourth-order valence-electron chi connectivity index (χ4n) is 3.15. The number of sulfonamides is 2. The van der Waals surface area contributed by atoms with E-state index in [-0.39, 0.29) is 10.6 Å². The van der Waals surface area contributed by atoms with Crippen LogP contribution in [0.5, 0.6) is 0 Å². The Labute approximate surface area is 165 Å². The van der Waals surface area contributed by atoms with Crippen LogP contribution in [-0.4, -0.2) is 29.1 Å². The summed E-state index contributed by atoms with van der Waals surface area (Å²) in [7, 11) is -7.20. The summed E-state index contributed by atoms with van der Waals surface area (Å²) in [5, 5.41) is 0.425. The first-order valence-electron chi connectivity index (χ1n) is 8.50. The van der Waals surface area contributed by atoms with Crippen LogP contribution in [0, 0.1) is 13.8 Å². The molecule has 27 heavy (non-hydrogen) atoms. The van der Waals surface area contributed by atoms with Crippen molar-refractivity contribution >= 4 is 43.0 Å². The third kappa shape index (κ3) is 4.23. The predicted molar refractivity (Wildman–Crippen MR) is 109 cm³/mol. The molecule has 0 aliphatic carbocycles. The van der Waals surface area contributed by atoms with Gasteiger partial charge in [-0.2, -0.15) is 0 Å². The van der Waals surface area contributed by atoms with Gasteiger partial charge in [0.15, 0.2) is 0 Å². The van der Waals surface area contributed by atoms with Gasteiger partial charge in [0.05, 0.1) is 22.0 Å². The van der Waals surface area contributed by atoms with Gasteiger partial charge in [-0.3, -0.25) is 9.03 Å². The van der Waals surface area contributed by atoms with Crippen LogP contribution in [0.2, 0.25) is 5.02 Å². The SMILES string of the molecule is Cc1cc(S(=O)(=O)Nc2cccc(Cl)c2)c(C)cc1N1CCCCS1(=O)=O. The van der Waals surface area contributed by atoms with Gasteiger partial charge in [-0.1, -0.05) is 17.7 Å². The molecule has 2 aromatic rings. The monoisotopic (exact) mass is 428 g/mol. The molecule has 3 rings (SSSR count). The summed E-state index contributed by atoms with van der Waals surface area (Å²) in [5.41, 5.74) is 1.97. The molecule has 1 fully saturated rings. The van der Waals surface area contributed by atoms with Crippen LogP contribution >= 0.6 is 11.6 Å². The van der Waals surface area contributed by atoms with E-state index in [0.29, 0.717) is 40.5 Å². The Morgan fingerprint density at radius 1 is 1.07 bits per heavy atom. The number of aryl methyl sites for hydroxylation is 2. The third-order valence-corrected chi connectivity index (χ3v) is 8.09. The number of rotatable bonds is 4. The highest BCUT2D eigenvalue weighted by Gasteiger charge is 2.28. The smallest absolute Gasteiger partial charge is 0.262 e. The van der Waals surface area contributed by atoms with E-state index in [0.717, 1.165) is 6.42 Å². The molecule has 1 aliphatic heterocycles. The van der Waals surface area contributed by atoms with E-state index in [1.165, 1.54) is 16.4 Å². The number of hydrogen-bond donors (Lipinski definition) is 1. The van der Waals surface area contributed by atoms with E-state index >= 15 is 0 Å². The van der Waals surface area contributed by atoms with Gasteiger partial charge in [0, 0.05) is 11.6 Å².